The lowest BCUT2D eigenvalue weighted by molar-refractivity contribution is -0.162. The standard InChI is InChI=1S/C15H21FO4/c1-8(6-7-16)10(17)9-11(18)14(2,3)13(20)15(4,5)12(9)19/h8-9H,6-7H2,1-5H3. The number of halogens is 1. The van der Waals surface area contributed by atoms with Gasteiger partial charge in [0.1, 0.15) is 5.92 Å². The highest BCUT2D eigenvalue weighted by Gasteiger charge is 2.60. The summed E-state index contributed by atoms with van der Waals surface area (Å²) in [5.74, 6) is -4.53. The Labute approximate surface area is 118 Å². The molecule has 0 aromatic heterocycles. The van der Waals surface area contributed by atoms with E-state index in [2.05, 4.69) is 0 Å². The minimum atomic E-state index is -1.45. The number of hydrogen-bond acceptors (Lipinski definition) is 4. The second-order valence-electron chi connectivity index (χ2n) is 6.52. The lowest BCUT2D eigenvalue weighted by Gasteiger charge is -2.40. The van der Waals surface area contributed by atoms with Gasteiger partial charge in [-0.25, -0.2) is 0 Å². The number of Topliss-reactive ketones (excluding diaryl/α,β-unsaturated/α-hetero) is 4. The molecule has 0 aliphatic heterocycles. The minimum Gasteiger partial charge on any atom is -0.298 e. The van der Waals surface area contributed by atoms with Gasteiger partial charge in [0.05, 0.1) is 17.5 Å². The van der Waals surface area contributed by atoms with Crippen LogP contribution in [0.5, 0.6) is 0 Å². The van der Waals surface area contributed by atoms with Crippen LogP contribution in [-0.4, -0.2) is 29.8 Å². The zero-order chi connectivity index (χ0) is 15.9. The quantitative estimate of drug-likeness (QED) is 0.740. The van der Waals surface area contributed by atoms with Crippen molar-refractivity contribution < 1.29 is 23.6 Å². The third-order valence-electron chi connectivity index (χ3n) is 4.20. The average molecular weight is 284 g/mol. The van der Waals surface area contributed by atoms with Gasteiger partial charge in [0.2, 0.25) is 0 Å². The Hall–Kier alpha value is -1.39. The summed E-state index contributed by atoms with van der Waals surface area (Å²) in [6.07, 6.45) is -0.0231. The van der Waals surface area contributed by atoms with Crippen molar-refractivity contribution in [1.29, 1.82) is 0 Å². The van der Waals surface area contributed by atoms with Crippen molar-refractivity contribution in [1.82, 2.24) is 0 Å². The number of rotatable bonds is 4. The Morgan fingerprint density at radius 3 is 1.85 bits per heavy atom. The molecule has 0 N–H and O–H groups in total. The lowest BCUT2D eigenvalue weighted by Crippen LogP contribution is -2.59. The molecule has 5 heteroatoms. The molecule has 4 nitrogen and oxygen atoms in total. The number of carbonyl (C=O) groups excluding carboxylic acids is 4. The number of hydrogen-bond donors (Lipinski definition) is 0. The SMILES string of the molecule is CC(CCF)C(=O)C1C(=O)C(C)(C)C(=O)C(C)(C)C1=O. The molecule has 1 rings (SSSR count). The van der Waals surface area contributed by atoms with E-state index in [0.717, 1.165) is 0 Å². The molecule has 0 aromatic carbocycles. The molecule has 0 bridgehead atoms. The van der Waals surface area contributed by atoms with Crippen LogP contribution in [0.4, 0.5) is 4.39 Å². The first-order valence-electron chi connectivity index (χ1n) is 6.72. The highest BCUT2D eigenvalue weighted by atomic mass is 19.1. The van der Waals surface area contributed by atoms with Gasteiger partial charge in [0.25, 0.3) is 0 Å². The van der Waals surface area contributed by atoms with Crippen LogP contribution in [0.1, 0.15) is 41.0 Å². The highest BCUT2D eigenvalue weighted by molar-refractivity contribution is 6.35. The van der Waals surface area contributed by atoms with Gasteiger partial charge in [-0.2, -0.15) is 0 Å². The molecule has 20 heavy (non-hydrogen) atoms. The van der Waals surface area contributed by atoms with Gasteiger partial charge in [-0.15, -0.1) is 0 Å². The zero-order valence-corrected chi connectivity index (χ0v) is 12.6. The molecule has 1 aliphatic rings. The molecule has 0 saturated heterocycles. The van der Waals surface area contributed by atoms with Crippen molar-refractivity contribution in [2.45, 2.75) is 41.0 Å². The summed E-state index contributed by atoms with van der Waals surface area (Å²) in [5.41, 5.74) is -2.74. The molecule has 0 heterocycles. The van der Waals surface area contributed by atoms with Gasteiger partial charge in [-0.05, 0) is 34.1 Å². The van der Waals surface area contributed by atoms with E-state index in [-0.39, 0.29) is 6.42 Å². The molecule has 0 amide bonds. The van der Waals surface area contributed by atoms with Crippen molar-refractivity contribution in [3.63, 3.8) is 0 Å². The highest BCUT2D eigenvalue weighted by Crippen LogP contribution is 2.41. The summed E-state index contributed by atoms with van der Waals surface area (Å²) < 4.78 is 12.4. The Morgan fingerprint density at radius 2 is 1.50 bits per heavy atom. The van der Waals surface area contributed by atoms with Gasteiger partial charge >= 0.3 is 0 Å². The molecule has 1 unspecified atom stereocenters. The van der Waals surface area contributed by atoms with Gasteiger partial charge < -0.3 is 0 Å². The van der Waals surface area contributed by atoms with E-state index in [4.69, 9.17) is 0 Å². The Bertz CT molecular complexity index is 446. The maximum atomic E-state index is 12.4. The van der Waals surface area contributed by atoms with Crippen molar-refractivity contribution in [3.05, 3.63) is 0 Å². The number of ketones is 4. The maximum Gasteiger partial charge on any atom is 0.163 e. The molecule has 1 atom stereocenters. The van der Waals surface area contributed by atoms with E-state index in [9.17, 15) is 23.6 Å². The van der Waals surface area contributed by atoms with E-state index in [1.54, 1.807) is 0 Å². The monoisotopic (exact) mass is 284 g/mol. The summed E-state index contributed by atoms with van der Waals surface area (Å²) >= 11 is 0. The van der Waals surface area contributed by atoms with Crippen LogP contribution in [0.15, 0.2) is 0 Å². The summed E-state index contributed by atoms with van der Waals surface area (Å²) in [6, 6.07) is 0. The molecule has 1 aliphatic carbocycles. The normalized spacial score (nSPS) is 23.8. The second kappa shape index (κ2) is 5.19. The molecule has 112 valence electrons. The van der Waals surface area contributed by atoms with E-state index in [1.165, 1.54) is 34.6 Å². The Morgan fingerprint density at radius 1 is 1.10 bits per heavy atom. The summed E-state index contributed by atoms with van der Waals surface area (Å²) in [7, 11) is 0. The fraction of sp³-hybridized carbons (Fsp3) is 0.733. The van der Waals surface area contributed by atoms with Crippen LogP contribution in [0.2, 0.25) is 0 Å². The maximum absolute atomic E-state index is 12.4. The van der Waals surface area contributed by atoms with Gasteiger partial charge in [-0.3, -0.25) is 23.6 Å². The minimum absolute atomic E-state index is 0.0231. The largest absolute Gasteiger partial charge is 0.298 e. The average Bonchev–Trinajstić information content (AvgIpc) is 2.36. The predicted octanol–water partition coefficient (Wildman–Crippen LogP) is 1.94. The van der Waals surface area contributed by atoms with Crippen molar-refractivity contribution in [3.8, 4) is 0 Å². The summed E-state index contributed by atoms with van der Waals surface area (Å²) in [4.78, 5) is 49.2. The van der Waals surface area contributed by atoms with Gasteiger partial charge in [0, 0.05) is 5.92 Å². The lowest BCUT2D eigenvalue weighted by atomic mass is 9.57. The summed E-state index contributed by atoms with van der Waals surface area (Å²) in [6.45, 7) is 6.56. The third-order valence-corrected chi connectivity index (χ3v) is 4.20. The van der Waals surface area contributed by atoms with Crippen molar-refractivity contribution in [2.24, 2.45) is 22.7 Å². The smallest absolute Gasteiger partial charge is 0.163 e. The van der Waals surface area contributed by atoms with Crippen molar-refractivity contribution in [2.75, 3.05) is 6.67 Å². The Kier molecular flexibility index (Phi) is 4.32. The first kappa shape index (κ1) is 16.7. The van der Waals surface area contributed by atoms with Crippen LogP contribution in [0.3, 0.4) is 0 Å². The summed E-state index contributed by atoms with van der Waals surface area (Å²) in [5, 5.41) is 0. The van der Waals surface area contributed by atoms with Crippen LogP contribution >= 0.6 is 0 Å². The van der Waals surface area contributed by atoms with E-state index >= 15 is 0 Å². The van der Waals surface area contributed by atoms with E-state index in [1.807, 2.05) is 0 Å². The van der Waals surface area contributed by atoms with Crippen LogP contribution in [0, 0.1) is 22.7 Å². The third kappa shape index (κ3) is 2.34. The molecule has 1 saturated carbocycles. The van der Waals surface area contributed by atoms with Gasteiger partial charge in [-0.1, -0.05) is 6.92 Å². The fourth-order valence-corrected chi connectivity index (χ4v) is 2.69. The zero-order valence-electron chi connectivity index (χ0n) is 12.6. The Balaban J connectivity index is 3.26. The molecular formula is C15H21FO4. The molecule has 0 aromatic rings. The molecule has 1 fully saturated rings. The topological polar surface area (TPSA) is 68.3 Å². The van der Waals surface area contributed by atoms with E-state index < -0.39 is 52.5 Å². The first-order valence-corrected chi connectivity index (χ1v) is 6.72. The first-order chi connectivity index (χ1) is 8.99. The van der Waals surface area contributed by atoms with Crippen LogP contribution < -0.4 is 0 Å². The number of alkyl halides is 1. The molecule has 0 radical (unpaired) electrons. The van der Waals surface area contributed by atoms with Crippen LogP contribution in [-0.2, 0) is 19.2 Å². The molecule has 0 spiro atoms. The van der Waals surface area contributed by atoms with Crippen LogP contribution in [0.25, 0.3) is 0 Å². The number of carbonyl (C=O) groups is 4. The second-order valence-corrected chi connectivity index (χ2v) is 6.52. The van der Waals surface area contributed by atoms with Crippen molar-refractivity contribution >= 4 is 23.1 Å². The predicted molar refractivity (Wildman–Crippen MR) is 70.8 cm³/mol. The molecular weight excluding hydrogens is 263 g/mol. The van der Waals surface area contributed by atoms with E-state index in [0.29, 0.717) is 0 Å². The van der Waals surface area contributed by atoms with Gasteiger partial charge in [0.15, 0.2) is 23.1 Å². The fourth-order valence-electron chi connectivity index (χ4n) is 2.69.